The first-order chi connectivity index (χ1) is 6.03. The molecule has 0 aromatic heterocycles. The zero-order valence-electron chi connectivity index (χ0n) is 9.21. The Morgan fingerprint density at radius 3 is 2.15 bits per heavy atom. The van der Waals surface area contributed by atoms with E-state index in [0.717, 1.165) is 26.2 Å². The average Bonchev–Trinajstić information content (AvgIpc) is 2.09. The minimum absolute atomic E-state index is 0.455. The second-order valence-electron chi connectivity index (χ2n) is 4.83. The molecule has 2 nitrogen and oxygen atoms in total. The quantitative estimate of drug-likeness (QED) is 0.600. The fourth-order valence-corrected chi connectivity index (χ4v) is 1.64. The van der Waals surface area contributed by atoms with Crippen molar-refractivity contribution < 1.29 is 0 Å². The third-order valence-electron chi connectivity index (χ3n) is 3.02. The molecule has 1 heterocycles. The standard InChI is InChI=1S/C10H21BN2/c1-4-10(2,3)9-12-5-7-13(11)8-6-12/h4-9H2,1-3H3. The molecule has 1 aliphatic rings. The third-order valence-corrected chi connectivity index (χ3v) is 3.02. The van der Waals surface area contributed by atoms with Gasteiger partial charge in [0.15, 0.2) is 7.98 Å². The van der Waals surface area contributed by atoms with Gasteiger partial charge in [0.25, 0.3) is 0 Å². The summed E-state index contributed by atoms with van der Waals surface area (Å²) in [6.07, 6.45) is 1.25. The average molecular weight is 180 g/mol. The molecule has 0 bridgehead atoms. The van der Waals surface area contributed by atoms with Crippen LogP contribution in [0.1, 0.15) is 27.2 Å². The molecule has 1 fully saturated rings. The molecule has 0 saturated carbocycles. The SMILES string of the molecule is [B]N1CCN(CC(C)(C)CC)CC1. The highest BCUT2D eigenvalue weighted by Crippen LogP contribution is 2.21. The van der Waals surface area contributed by atoms with Crippen LogP contribution < -0.4 is 0 Å². The summed E-state index contributed by atoms with van der Waals surface area (Å²) in [5.74, 6) is 0. The van der Waals surface area contributed by atoms with E-state index in [9.17, 15) is 0 Å². The highest BCUT2D eigenvalue weighted by Gasteiger charge is 2.21. The van der Waals surface area contributed by atoms with Gasteiger partial charge in [0.1, 0.15) is 0 Å². The summed E-state index contributed by atoms with van der Waals surface area (Å²) in [4.78, 5) is 4.43. The zero-order chi connectivity index (χ0) is 9.90. The maximum atomic E-state index is 5.70. The van der Waals surface area contributed by atoms with Crippen molar-refractivity contribution in [2.45, 2.75) is 27.2 Å². The Kier molecular flexibility index (Phi) is 3.80. The maximum Gasteiger partial charge on any atom is 0.182 e. The van der Waals surface area contributed by atoms with Crippen LogP contribution in [0.15, 0.2) is 0 Å². The van der Waals surface area contributed by atoms with Crippen LogP contribution in [0.4, 0.5) is 0 Å². The van der Waals surface area contributed by atoms with Crippen molar-refractivity contribution in [1.29, 1.82) is 0 Å². The molecule has 3 heteroatoms. The lowest BCUT2D eigenvalue weighted by Crippen LogP contribution is -2.47. The monoisotopic (exact) mass is 180 g/mol. The highest BCUT2D eigenvalue weighted by atomic mass is 15.2. The molecule has 0 aliphatic carbocycles. The van der Waals surface area contributed by atoms with Gasteiger partial charge in [-0.2, -0.15) is 0 Å². The summed E-state index contributed by atoms with van der Waals surface area (Å²) in [5, 5.41) is 0. The zero-order valence-corrected chi connectivity index (χ0v) is 9.21. The van der Waals surface area contributed by atoms with Gasteiger partial charge in [-0.1, -0.05) is 20.8 Å². The molecule has 0 unspecified atom stereocenters. The number of nitrogens with zero attached hydrogens (tertiary/aromatic N) is 2. The molecular weight excluding hydrogens is 159 g/mol. The second-order valence-corrected chi connectivity index (χ2v) is 4.83. The van der Waals surface area contributed by atoms with Crippen LogP contribution in [-0.2, 0) is 0 Å². The van der Waals surface area contributed by atoms with Crippen LogP contribution in [0, 0.1) is 5.41 Å². The van der Waals surface area contributed by atoms with Crippen LogP contribution in [0.5, 0.6) is 0 Å². The van der Waals surface area contributed by atoms with Crippen molar-refractivity contribution in [2.24, 2.45) is 5.41 Å². The van der Waals surface area contributed by atoms with E-state index >= 15 is 0 Å². The predicted molar refractivity (Wildman–Crippen MR) is 57.8 cm³/mol. The summed E-state index contributed by atoms with van der Waals surface area (Å²) in [5.41, 5.74) is 0.455. The second kappa shape index (κ2) is 4.47. The van der Waals surface area contributed by atoms with E-state index in [-0.39, 0.29) is 0 Å². The first kappa shape index (κ1) is 11.1. The first-order valence-corrected chi connectivity index (χ1v) is 5.25. The van der Waals surface area contributed by atoms with Crippen molar-refractivity contribution >= 4 is 7.98 Å². The molecule has 0 amide bonds. The van der Waals surface area contributed by atoms with Crippen LogP contribution in [-0.4, -0.2) is 50.4 Å². The Morgan fingerprint density at radius 2 is 1.69 bits per heavy atom. The third kappa shape index (κ3) is 3.69. The van der Waals surface area contributed by atoms with E-state index in [1.165, 1.54) is 13.0 Å². The van der Waals surface area contributed by atoms with E-state index in [1.807, 2.05) is 4.81 Å². The molecule has 0 aromatic rings. The first-order valence-electron chi connectivity index (χ1n) is 5.25. The maximum absolute atomic E-state index is 5.70. The fraction of sp³-hybridized carbons (Fsp3) is 1.00. The van der Waals surface area contributed by atoms with Gasteiger partial charge in [-0.25, -0.2) is 0 Å². The Labute approximate surface area is 83.7 Å². The minimum atomic E-state index is 0.455. The molecule has 1 rings (SSSR count). The van der Waals surface area contributed by atoms with Crippen molar-refractivity contribution in [2.75, 3.05) is 32.7 Å². The van der Waals surface area contributed by atoms with Crippen LogP contribution in [0.2, 0.25) is 0 Å². The normalized spacial score (nSPS) is 22.1. The van der Waals surface area contributed by atoms with Gasteiger partial charge < -0.3 is 9.71 Å². The molecule has 13 heavy (non-hydrogen) atoms. The smallest absolute Gasteiger partial charge is 0.182 e. The fourth-order valence-electron chi connectivity index (χ4n) is 1.64. The molecule has 0 N–H and O–H groups in total. The lowest BCUT2D eigenvalue weighted by Gasteiger charge is -2.37. The van der Waals surface area contributed by atoms with Gasteiger partial charge in [-0.3, -0.25) is 0 Å². The van der Waals surface area contributed by atoms with Crippen molar-refractivity contribution in [3.05, 3.63) is 0 Å². The van der Waals surface area contributed by atoms with E-state index in [0.29, 0.717) is 5.41 Å². The van der Waals surface area contributed by atoms with Gasteiger partial charge in [-0.05, 0) is 24.9 Å². The summed E-state index contributed by atoms with van der Waals surface area (Å²) in [6, 6.07) is 0. The largest absolute Gasteiger partial charge is 0.351 e. The van der Waals surface area contributed by atoms with Crippen molar-refractivity contribution in [3.63, 3.8) is 0 Å². The summed E-state index contributed by atoms with van der Waals surface area (Å²) in [7, 11) is 5.70. The predicted octanol–water partition coefficient (Wildman–Crippen LogP) is 1.12. The summed E-state index contributed by atoms with van der Waals surface area (Å²) in [6.45, 7) is 12.4. The Hall–Kier alpha value is -0.0151. The number of rotatable bonds is 3. The van der Waals surface area contributed by atoms with E-state index in [2.05, 4.69) is 25.7 Å². The minimum Gasteiger partial charge on any atom is -0.351 e. The topological polar surface area (TPSA) is 6.48 Å². The number of hydrogen-bond acceptors (Lipinski definition) is 2. The molecule has 0 atom stereocenters. The molecule has 2 radical (unpaired) electrons. The Morgan fingerprint density at radius 1 is 1.15 bits per heavy atom. The van der Waals surface area contributed by atoms with Gasteiger partial charge in [0.05, 0.1) is 0 Å². The highest BCUT2D eigenvalue weighted by molar-refractivity contribution is 6.04. The van der Waals surface area contributed by atoms with E-state index in [1.54, 1.807) is 0 Å². The van der Waals surface area contributed by atoms with Crippen LogP contribution >= 0.6 is 0 Å². The van der Waals surface area contributed by atoms with Crippen molar-refractivity contribution in [3.8, 4) is 0 Å². The van der Waals surface area contributed by atoms with Crippen LogP contribution in [0.25, 0.3) is 0 Å². The summed E-state index contributed by atoms with van der Waals surface area (Å²) < 4.78 is 0. The van der Waals surface area contributed by atoms with Crippen LogP contribution in [0.3, 0.4) is 0 Å². The van der Waals surface area contributed by atoms with Crippen molar-refractivity contribution in [1.82, 2.24) is 9.71 Å². The Balaban J connectivity index is 2.30. The molecule has 0 spiro atoms. The molecule has 1 aliphatic heterocycles. The molecule has 1 saturated heterocycles. The van der Waals surface area contributed by atoms with E-state index < -0.39 is 0 Å². The molecule has 0 aromatic carbocycles. The van der Waals surface area contributed by atoms with Gasteiger partial charge in [0, 0.05) is 19.6 Å². The summed E-state index contributed by atoms with van der Waals surface area (Å²) >= 11 is 0. The lowest BCUT2D eigenvalue weighted by molar-refractivity contribution is 0.131. The van der Waals surface area contributed by atoms with Gasteiger partial charge in [-0.15, -0.1) is 0 Å². The number of hydrogen-bond donors (Lipinski definition) is 0. The lowest BCUT2D eigenvalue weighted by atomic mass is 9.89. The molecule has 74 valence electrons. The molecular formula is C10H21BN2. The number of piperazine rings is 1. The van der Waals surface area contributed by atoms with Gasteiger partial charge >= 0.3 is 0 Å². The Bertz CT molecular complexity index is 151. The van der Waals surface area contributed by atoms with E-state index in [4.69, 9.17) is 7.98 Å². The van der Waals surface area contributed by atoms with Gasteiger partial charge in [0.2, 0.25) is 0 Å².